The number of esters is 1. The van der Waals surface area contributed by atoms with Gasteiger partial charge in [-0.25, -0.2) is 13.2 Å². The Kier molecular flexibility index (Phi) is 6.88. The molecule has 1 aliphatic heterocycles. The van der Waals surface area contributed by atoms with Crippen molar-refractivity contribution < 1.29 is 27.5 Å². The minimum Gasteiger partial charge on any atom is -0.480 e. The summed E-state index contributed by atoms with van der Waals surface area (Å²) in [4.78, 5) is 25.9. The molecule has 2 rings (SSSR count). The van der Waals surface area contributed by atoms with Gasteiger partial charge in [-0.05, 0) is 32.4 Å². The van der Waals surface area contributed by atoms with Crippen molar-refractivity contribution in [3.05, 3.63) is 29.3 Å². The number of para-hydroxylation sites is 1. The highest BCUT2D eigenvalue weighted by Crippen LogP contribution is 2.23. The number of hydrogen-bond donors (Lipinski definition) is 0. The molecule has 1 aromatic rings. The van der Waals surface area contributed by atoms with Gasteiger partial charge in [-0.15, -0.1) is 0 Å². The molecule has 0 N–H and O–H groups in total. The summed E-state index contributed by atoms with van der Waals surface area (Å²) in [7, 11) is -3.11. The summed E-state index contributed by atoms with van der Waals surface area (Å²) < 4.78 is 33.7. The molecule has 0 aromatic heterocycles. The number of amides is 1. The van der Waals surface area contributed by atoms with Crippen LogP contribution in [0.25, 0.3) is 0 Å². The molecule has 1 aromatic carbocycles. The Morgan fingerprint density at radius 2 is 2.04 bits per heavy atom. The Labute approximate surface area is 158 Å². The zero-order chi connectivity index (χ0) is 19.3. The molecule has 2 unspecified atom stereocenters. The molecular formula is C17H22ClNO6S. The lowest BCUT2D eigenvalue weighted by Crippen LogP contribution is -2.46. The SMILES string of the molecule is CCN(C(=O)C(C)OC(=O)COc1ccccc1Cl)C1CCS(=O)(=O)C1. The predicted octanol–water partition coefficient (Wildman–Crippen LogP) is 1.69. The second-order valence-corrected chi connectivity index (χ2v) is 8.67. The quantitative estimate of drug-likeness (QED) is 0.643. The van der Waals surface area contributed by atoms with E-state index in [2.05, 4.69) is 0 Å². The van der Waals surface area contributed by atoms with Crippen molar-refractivity contribution in [2.24, 2.45) is 0 Å². The third-order valence-corrected chi connectivity index (χ3v) is 6.17. The van der Waals surface area contributed by atoms with Gasteiger partial charge in [0.1, 0.15) is 5.75 Å². The largest absolute Gasteiger partial charge is 0.480 e. The first-order chi connectivity index (χ1) is 12.2. The maximum absolute atomic E-state index is 12.5. The van der Waals surface area contributed by atoms with Crippen molar-refractivity contribution in [3.8, 4) is 5.75 Å². The standard InChI is InChI=1S/C17H22ClNO6S/c1-3-19(13-8-9-26(22,23)11-13)17(21)12(2)25-16(20)10-24-15-7-5-4-6-14(15)18/h4-7,12-13H,3,8-11H2,1-2H3. The van der Waals surface area contributed by atoms with Crippen LogP contribution in [0.5, 0.6) is 5.75 Å². The smallest absolute Gasteiger partial charge is 0.344 e. The van der Waals surface area contributed by atoms with Crippen LogP contribution in [-0.4, -0.2) is 62.0 Å². The Hall–Kier alpha value is -1.80. The van der Waals surface area contributed by atoms with Gasteiger partial charge in [-0.2, -0.15) is 0 Å². The highest BCUT2D eigenvalue weighted by atomic mass is 35.5. The molecular weight excluding hydrogens is 382 g/mol. The number of carbonyl (C=O) groups is 2. The number of hydrogen-bond acceptors (Lipinski definition) is 6. The monoisotopic (exact) mass is 403 g/mol. The van der Waals surface area contributed by atoms with Crippen molar-refractivity contribution in [2.45, 2.75) is 32.4 Å². The van der Waals surface area contributed by atoms with Crippen LogP contribution in [0.1, 0.15) is 20.3 Å². The van der Waals surface area contributed by atoms with Crippen LogP contribution in [0.3, 0.4) is 0 Å². The van der Waals surface area contributed by atoms with E-state index in [-0.39, 0.29) is 24.2 Å². The van der Waals surface area contributed by atoms with Crippen LogP contribution in [0.2, 0.25) is 5.02 Å². The molecule has 0 radical (unpaired) electrons. The molecule has 26 heavy (non-hydrogen) atoms. The molecule has 2 atom stereocenters. The number of carbonyl (C=O) groups excluding carboxylic acids is 2. The van der Waals surface area contributed by atoms with Gasteiger partial charge in [-0.3, -0.25) is 4.79 Å². The summed E-state index contributed by atoms with van der Waals surface area (Å²) in [6, 6.07) is 6.31. The van der Waals surface area contributed by atoms with Crippen LogP contribution in [-0.2, 0) is 24.2 Å². The van der Waals surface area contributed by atoms with Gasteiger partial charge in [-0.1, -0.05) is 23.7 Å². The lowest BCUT2D eigenvalue weighted by molar-refractivity contribution is -0.161. The van der Waals surface area contributed by atoms with Crippen molar-refractivity contribution in [2.75, 3.05) is 24.7 Å². The van der Waals surface area contributed by atoms with E-state index < -0.39 is 27.8 Å². The topological polar surface area (TPSA) is 90.0 Å². The fraction of sp³-hybridized carbons (Fsp3) is 0.529. The minimum absolute atomic E-state index is 0.0527. The third kappa shape index (κ3) is 5.35. The fourth-order valence-corrected chi connectivity index (χ4v) is 4.75. The van der Waals surface area contributed by atoms with Gasteiger partial charge in [0.2, 0.25) is 0 Å². The third-order valence-electron chi connectivity index (χ3n) is 4.11. The van der Waals surface area contributed by atoms with Gasteiger partial charge in [0, 0.05) is 12.6 Å². The molecule has 0 spiro atoms. The van der Waals surface area contributed by atoms with E-state index in [1.807, 2.05) is 0 Å². The molecule has 7 nitrogen and oxygen atoms in total. The lowest BCUT2D eigenvalue weighted by Gasteiger charge is -2.29. The summed E-state index contributed by atoms with van der Waals surface area (Å²) in [5.74, 6) is -0.762. The van der Waals surface area contributed by atoms with E-state index in [1.165, 1.54) is 11.8 Å². The molecule has 0 bridgehead atoms. The number of rotatable bonds is 7. The molecule has 144 valence electrons. The van der Waals surface area contributed by atoms with E-state index in [1.54, 1.807) is 31.2 Å². The van der Waals surface area contributed by atoms with Crippen LogP contribution in [0.15, 0.2) is 24.3 Å². The zero-order valence-corrected chi connectivity index (χ0v) is 16.3. The molecule has 0 saturated carbocycles. The number of benzene rings is 1. The summed E-state index contributed by atoms with van der Waals surface area (Å²) in [5.41, 5.74) is 0. The zero-order valence-electron chi connectivity index (χ0n) is 14.7. The number of nitrogens with zero attached hydrogens (tertiary/aromatic N) is 1. The maximum Gasteiger partial charge on any atom is 0.344 e. The molecule has 1 fully saturated rings. The number of halogens is 1. The van der Waals surface area contributed by atoms with E-state index in [9.17, 15) is 18.0 Å². The number of ether oxygens (including phenoxy) is 2. The van der Waals surface area contributed by atoms with E-state index in [0.717, 1.165) is 0 Å². The molecule has 9 heteroatoms. The Morgan fingerprint density at radius 1 is 1.35 bits per heavy atom. The van der Waals surface area contributed by atoms with E-state index in [4.69, 9.17) is 21.1 Å². The van der Waals surface area contributed by atoms with E-state index >= 15 is 0 Å². The second kappa shape index (κ2) is 8.73. The molecule has 1 heterocycles. The number of sulfone groups is 1. The first-order valence-corrected chi connectivity index (χ1v) is 10.5. The van der Waals surface area contributed by atoms with Gasteiger partial charge >= 0.3 is 5.97 Å². The van der Waals surface area contributed by atoms with Gasteiger partial charge in [0.15, 0.2) is 22.5 Å². The van der Waals surface area contributed by atoms with Crippen LogP contribution < -0.4 is 4.74 Å². The highest BCUT2D eigenvalue weighted by molar-refractivity contribution is 7.91. The average molecular weight is 404 g/mol. The van der Waals surface area contributed by atoms with Crippen molar-refractivity contribution in [1.82, 2.24) is 4.90 Å². The lowest BCUT2D eigenvalue weighted by atomic mass is 10.2. The van der Waals surface area contributed by atoms with Gasteiger partial charge in [0.25, 0.3) is 5.91 Å². The van der Waals surface area contributed by atoms with Crippen LogP contribution in [0, 0.1) is 0 Å². The maximum atomic E-state index is 12.5. The second-order valence-electron chi connectivity index (χ2n) is 6.03. The Morgan fingerprint density at radius 3 is 2.62 bits per heavy atom. The molecule has 1 saturated heterocycles. The number of likely N-dealkylation sites (N-methyl/N-ethyl adjacent to an activating group) is 1. The minimum atomic E-state index is -3.11. The van der Waals surface area contributed by atoms with Gasteiger partial charge in [0.05, 0.1) is 16.5 Å². The van der Waals surface area contributed by atoms with Crippen LogP contribution >= 0.6 is 11.6 Å². The first kappa shape index (κ1) is 20.5. The predicted molar refractivity (Wildman–Crippen MR) is 96.9 cm³/mol. The summed E-state index contributed by atoms with van der Waals surface area (Å²) in [6.45, 7) is 3.18. The summed E-state index contributed by atoms with van der Waals surface area (Å²) >= 11 is 5.93. The molecule has 1 amide bonds. The average Bonchev–Trinajstić information content (AvgIpc) is 2.94. The van der Waals surface area contributed by atoms with Crippen molar-refractivity contribution in [3.63, 3.8) is 0 Å². The highest BCUT2D eigenvalue weighted by Gasteiger charge is 2.36. The normalized spacial score (nSPS) is 19.6. The fourth-order valence-electron chi connectivity index (χ4n) is 2.83. The van der Waals surface area contributed by atoms with Crippen LogP contribution in [0.4, 0.5) is 0 Å². The molecule has 1 aliphatic rings. The summed E-state index contributed by atoms with van der Waals surface area (Å²) in [5, 5.41) is 0.365. The van der Waals surface area contributed by atoms with E-state index in [0.29, 0.717) is 23.7 Å². The summed E-state index contributed by atoms with van der Waals surface area (Å²) in [6.07, 6.45) is -0.626. The first-order valence-electron chi connectivity index (χ1n) is 8.31. The van der Waals surface area contributed by atoms with Gasteiger partial charge < -0.3 is 14.4 Å². The van der Waals surface area contributed by atoms with Crippen molar-refractivity contribution in [1.29, 1.82) is 0 Å². The Bertz CT molecular complexity index is 766. The Balaban J connectivity index is 1.89. The van der Waals surface area contributed by atoms with Crippen molar-refractivity contribution >= 4 is 33.3 Å². The molecule has 0 aliphatic carbocycles.